The maximum absolute atomic E-state index is 13.2. The zero-order chi connectivity index (χ0) is 14.0. The summed E-state index contributed by atoms with van der Waals surface area (Å²) in [6.45, 7) is 0. The van der Waals surface area contributed by atoms with Gasteiger partial charge in [-0.05, 0) is 37.5 Å². The number of ether oxygens (including phenoxy) is 1. The molecule has 0 radical (unpaired) electrons. The van der Waals surface area contributed by atoms with Crippen LogP contribution in [0.1, 0.15) is 19.3 Å². The number of nitrogens with two attached hydrogens (primary N) is 1. The van der Waals surface area contributed by atoms with Gasteiger partial charge in [-0.25, -0.2) is 17.5 Å². The van der Waals surface area contributed by atoms with Crippen molar-refractivity contribution in [2.24, 2.45) is 0 Å². The molecular formula is C12H17FN2O3S. The molecule has 1 aliphatic carbocycles. The second kappa shape index (κ2) is 5.44. The van der Waals surface area contributed by atoms with Crippen LogP contribution in [-0.4, -0.2) is 27.7 Å². The molecule has 7 heteroatoms. The Morgan fingerprint density at radius 1 is 1.42 bits per heavy atom. The largest absolute Gasteiger partial charge is 0.398 e. The van der Waals surface area contributed by atoms with Gasteiger partial charge in [-0.3, -0.25) is 0 Å². The van der Waals surface area contributed by atoms with Gasteiger partial charge in [0.2, 0.25) is 10.0 Å². The molecule has 0 heterocycles. The van der Waals surface area contributed by atoms with Crippen LogP contribution in [0.3, 0.4) is 0 Å². The molecule has 106 valence electrons. The van der Waals surface area contributed by atoms with E-state index >= 15 is 0 Å². The molecule has 2 unspecified atom stereocenters. The Hall–Kier alpha value is -1.18. The van der Waals surface area contributed by atoms with E-state index in [1.54, 1.807) is 7.11 Å². The molecule has 0 bridgehead atoms. The predicted molar refractivity (Wildman–Crippen MR) is 69.6 cm³/mol. The van der Waals surface area contributed by atoms with Gasteiger partial charge >= 0.3 is 0 Å². The summed E-state index contributed by atoms with van der Waals surface area (Å²) in [5.74, 6) is -0.635. The normalized spacial score (nSPS) is 23.7. The lowest BCUT2D eigenvalue weighted by atomic mass is 10.2. The van der Waals surface area contributed by atoms with Crippen molar-refractivity contribution >= 4 is 15.7 Å². The van der Waals surface area contributed by atoms with Gasteiger partial charge in [0, 0.05) is 13.2 Å². The highest BCUT2D eigenvalue weighted by molar-refractivity contribution is 7.89. The Labute approximate surface area is 112 Å². The molecule has 0 amide bonds. The van der Waals surface area contributed by atoms with E-state index in [9.17, 15) is 12.8 Å². The first-order valence-corrected chi connectivity index (χ1v) is 7.52. The number of methoxy groups -OCH3 is 1. The van der Waals surface area contributed by atoms with Gasteiger partial charge in [0.25, 0.3) is 0 Å². The van der Waals surface area contributed by atoms with Gasteiger partial charge < -0.3 is 10.5 Å². The van der Waals surface area contributed by atoms with Crippen molar-refractivity contribution < 1.29 is 17.5 Å². The van der Waals surface area contributed by atoms with E-state index < -0.39 is 15.8 Å². The monoisotopic (exact) mass is 288 g/mol. The molecule has 19 heavy (non-hydrogen) atoms. The van der Waals surface area contributed by atoms with Crippen LogP contribution in [0.5, 0.6) is 0 Å². The van der Waals surface area contributed by atoms with E-state index in [1.165, 1.54) is 6.07 Å². The summed E-state index contributed by atoms with van der Waals surface area (Å²) < 4.78 is 45.3. The predicted octanol–water partition coefficient (Wildman–Crippen LogP) is 1.25. The lowest BCUT2D eigenvalue weighted by Crippen LogP contribution is -2.40. The van der Waals surface area contributed by atoms with Crippen molar-refractivity contribution in [1.29, 1.82) is 0 Å². The Morgan fingerprint density at radius 3 is 2.84 bits per heavy atom. The fraction of sp³-hybridized carbons (Fsp3) is 0.500. The van der Waals surface area contributed by atoms with E-state index in [-0.39, 0.29) is 22.7 Å². The third-order valence-electron chi connectivity index (χ3n) is 3.33. The van der Waals surface area contributed by atoms with E-state index in [0.29, 0.717) is 6.42 Å². The van der Waals surface area contributed by atoms with Crippen LogP contribution in [0.4, 0.5) is 10.1 Å². The van der Waals surface area contributed by atoms with Gasteiger partial charge in [0.1, 0.15) is 10.7 Å². The highest BCUT2D eigenvalue weighted by Gasteiger charge is 2.32. The number of nitrogens with one attached hydrogen (secondary N) is 1. The molecule has 2 rings (SSSR count). The van der Waals surface area contributed by atoms with Crippen molar-refractivity contribution in [3.05, 3.63) is 24.0 Å². The Bertz CT molecular complexity index is 562. The molecule has 1 aliphatic rings. The molecule has 2 atom stereocenters. The molecule has 1 aromatic rings. The molecule has 1 aromatic carbocycles. The minimum Gasteiger partial charge on any atom is -0.398 e. The Morgan fingerprint density at radius 2 is 2.16 bits per heavy atom. The molecule has 0 aliphatic heterocycles. The van der Waals surface area contributed by atoms with Crippen molar-refractivity contribution in [1.82, 2.24) is 4.72 Å². The van der Waals surface area contributed by atoms with Crippen LogP contribution in [0.2, 0.25) is 0 Å². The third kappa shape index (κ3) is 3.05. The highest BCUT2D eigenvalue weighted by atomic mass is 32.2. The fourth-order valence-corrected chi connectivity index (χ4v) is 3.79. The highest BCUT2D eigenvalue weighted by Crippen LogP contribution is 2.25. The number of anilines is 1. The van der Waals surface area contributed by atoms with Crippen molar-refractivity contribution in [2.75, 3.05) is 12.8 Å². The molecule has 5 nitrogen and oxygen atoms in total. The topological polar surface area (TPSA) is 81.4 Å². The minimum absolute atomic E-state index is 0.0286. The first-order valence-electron chi connectivity index (χ1n) is 6.04. The first-order chi connectivity index (χ1) is 8.94. The van der Waals surface area contributed by atoms with Crippen molar-refractivity contribution in [3.8, 4) is 0 Å². The van der Waals surface area contributed by atoms with Crippen LogP contribution >= 0.6 is 0 Å². The number of benzene rings is 1. The summed E-state index contributed by atoms with van der Waals surface area (Å²) in [7, 11) is -2.29. The molecular weight excluding hydrogens is 271 g/mol. The van der Waals surface area contributed by atoms with Gasteiger partial charge in [-0.1, -0.05) is 0 Å². The van der Waals surface area contributed by atoms with E-state index in [0.717, 1.165) is 25.0 Å². The van der Waals surface area contributed by atoms with Gasteiger partial charge in [0.15, 0.2) is 0 Å². The fourth-order valence-electron chi connectivity index (χ4n) is 2.35. The maximum atomic E-state index is 13.2. The number of nitrogen functional groups attached to an aromatic ring is 1. The van der Waals surface area contributed by atoms with Crippen LogP contribution < -0.4 is 10.5 Å². The summed E-state index contributed by atoms with van der Waals surface area (Å²) in [4.78, 5) is -0.228. The van der Waals surface area contributed by atoms with Gasteiger partial charge in [-0.2, -0.15) is 0 Å². The molecule has 0 saturated heterocycles. The van der Waals surface area contributed by atoms with E-state index in [2.05, 4.69) is 4.72 Å². The summed E-state index contributed by atoms with van der Waals surface area (Å²) in [5, 5.41) is 0. The average Bonchev–Trinajstić information content (AvgIpc) is 2.78. The van der Waals surface area contributed by atoms with Crippen LogP contribution in [-0.2, 0) is 14.8 Å². The van der Waals surface area contributed by atoms with Crippen LogP contribution in [0.15, 0.2) is 23.1 Å². The molecule has 3 N–H and O–H groups in total. The number of hydrogen-bond acceptors (Lipinski definition) is 4. The Balaban J connectivity index is 2.25. The second-order valence-corrected chi connectivity index (χ2v) is 6.30. The average molecular weight is 288 g/mol. The zero-order valence-corrected chi connectivity index (χ0v) is 11.4. The summed E-state index contributed by atoms with van der Waals surface area (Å²) >= 11 is 0. The second-order valence-electron chi connectivity index (χ2n) is 4.61. The molecule has 0 aromatic heterocycles. The SMILES string of the molecule is COC1CCCC1NS(=O)(=O)c1cc(F)ccc1N. The number of hydrogen-bond donors (Lipinski definition) is 2. The molecule has 1 saturated carbocycles. The number of sulfonamides is 1. The number of rotatable bonds is 4. The smallest absolute Gasteiger partial charge is 0.243 e. The first kappa shape index (κ1) is 14.2. The molecule has 0 spiro atoms. The van der Waals surface area contributed by atoms with Crippen molar-refractivity contribution in [2.45, 2.75) is 36.3 Å². The summed E-state index contributed by atoms with van der Waals surface area (Å²) in [6, 6.07) is 3.00. The lowest BCUT2D eigenvalue weighted by Gasteiger charge is -2.20. The van der Waals surface area contributed by atoms with Crippen LogP contribution in [0, 0.1) is 5.82 Å². The summed E-state index contributed by atoms with van der Waals surface area (Å²) in [6.07, 6.45) is 2.25. The lowest BCUT2D eigenvalue weighted by molar-refractivity contribution is 0.0916. The molecule has 1 fully saturated rings. The van der Waals surface area contributed by atoms with E-state index in [1.807, 2.05) is 0 Å². The zero-order valence-electron chi connectivity index (χ0n) is 10.6. The quantitative estimate of drug-likeness (QED) is 0.817. The van der Waals surface area contributed by atoms with Gasteiger partial charge in [0.05, 0.1) is 11.8 Å². The Kier molecular flexibility index (Phi) is 4.07. The van der Waals surface area contributed by atoms with Gasteiger partial charge in [-0.15, -0.1) is 0 Å². The standard InChI is InChI=1S/C12H17FN2O3S/c1-18-11-4-2-3-10(11)15-19(16,17)12-7-8(13)5-6-9(12)14/h5-7,10-11,15H,2-4,14H2,1H3. The third-order valence-corrected chi connectivity index (χ3v) is 4.87. The van der Waals surface area contributed by atoms with Crippen molar-refractivity contribution in [3.63, 3.8) is 0 Å². The maximum Gasteiger partial charge on any atom is 0.243 e. The van der Waals surface area contributed by atoms with E-state index in [4.69, 9.17) is 10.5 Å². The van der Waals surface area contributed by atoms with Crippen LogP contribution in [0.25, 0.3) is 0 Å². The minimum atomic E-state index is -3.83. The summed E-state index contributed by atoms with van der Waals surface area (Å²) in [5.41, 5.74) is 5.63. The number of halogens is 1.